The van der Waals surface area contributed by atoms with Gasteiger partial charge in [-0.1, -0.05) is 20.8 Å². The Bertz CT molecular complexity index is 325. The van der Waals surface area contributed by atoms with Crippen molar-refractivity contribution in [2.24, 2.45) is 11.3 Å². The van der Waals surface area contributed by atoms with E-state index in [1.54, 1.807) is 4.90 Å². The maximum Gasteiger partial charge on any atom is 0.311 e. The predicted octanol–water partition coefficient (Wildman–Crippen LogP) is 1.37. The van der Waals surface area contributed by atoms with Gasteiger partial charge in [0.15, 0.2) is 0 Å². The summed E-state index contributed by atoms with van der Waals surface area (Å²) in [5.41, 5.74) is -0.804. The molecule has 2 atom stereocenters. The van der Waals surface area contributed by atoms with Gasteiger partial charge < -0.3 is 14.7 Å². The van der Waals surface area contributed by atoms with Crippen LogP contribution in [0.4, 0.5) is 0 Å². The van der Waals surface area contributed by atoms with Crippen molar-refractivity contribution in [1.29, 1.82) is 0 Å². The van der Waals surface area contributed by atoms with Crippen molar-refractivity contribution < 1.29 is 19.4 Å². The number of rotatable bonds is 5. The highest BCUT2D eigenvalue weighted by atomic mass is 16.5. The molecule has 5 nitrogen and oxygen atoms in total. The van der Waals surface area contributed by atoms with E-state index in [9.17, 15) is 14.7 Å². The number of carbonyl (C=O) groups is 2. The lowest BCUT2D eigenvalue weighted by Gasteiger charge is -2.29. The summed E-state index contributed by atoms with van der Waals surface area (Å²) in [7, 11) is 1.51. The standard InChI is InChI=1S/C13H23NO4/c1-5-10(18-4)11(15)14-7-6-13(8-14,9(2)3)12(16)17/h9-10H,5-8H2,1-4H3,(H,16,17). The summed E-state index contributed by atoms with van der Waals surface area (Å²) in [4.78, 5) is 25.3. The minimum Gasteiger partial charge on any atom is -0.481 e. The van der Waals surface area contributed by atoms with Crippen LogP contribution in [0.5, 0.6) is 0 Å². The van der Waals surface area contributed by atoms with Gasteiger partial charge in [0, 0.05) is 20.2 Å². The molecule has 0 radical (unpaired) electrons. The number of hydrogen-bond donors (Lipinski definition) is 1. The number of amides is 1. The van der Waals surface area contributed by atoms with E-state index >= 15 is 0 Å². The van der Waals surface area contributed by atoms with Crippen molar-refractivity contribution in [2.45, 2.75) is 39.7 Å². The van der Waals surface area contributed by atoms with Crippen LogP contribution in [0.1, 0.15) is 33.6 Å². The van der Waals surface area contributed by atoms with E-state index in [1.165, 1.54) is 7.11 Å². The molecule has 1 heterocycles. The second kappa shape index (κ2) is 5.69. The number of hydrogen-bond acceptors (Lipinski definition) is 3. The molecule has 0 bridgehead atoms. The van der Waals surface area contributed by atoms with Crippen LogP contribution in [-0.4, -0.2) is 48.2 Å². The van der Waals surface area contributed by atoms with Gasteiger partial charge in [0.1, 0.15) is 6.10 Å². The Balaban J connectivity index is 2.81. The van der Waals surface area contributed by atoms with E-state index in [2.05, 4.69) is 0 Å². The van der Waals surface area contributed by atoms with Crippen LogP contribution in [-0.2, 0) is 14.3 Å². The monoisotopic (exact) mass is 257 g/mol. The Morgan fingerprint density at radius 1 is 1.44 bits per heavy atom. The number of carboxylic acid groups (broad SMARTS) is 1. The van der Waals surface area contributed by atoms with Gasteiger partial charge in [-0.25, -0.2) is 0 Å². The second-order valence-electron chi connectivity index (χ2n) is 5.26. The fraction of sp³-hybridized carbons (Fsp3) is 0.846. The molecular formula is C13H23NO4. The third-order valence-electron chi connectivity index (χ3n) is 4.07. The summed E-state index contributed by atoms with van der Waals surface area (Å²) in [6.07, 6.45) is 0.668. The van der Waals surface area contributed by atoms with Crippen molar-refractivity contribution >= 4 is 11.9 Å². The van der Waals surface area contributed by atoms with E-state index in [0.717, 1.165) is 0 Å². The van der Waals surface area contributed by atoms with Crippen LogP contribution < -0.4 is 0 Å². The molecule has 0 spiro atoms. The van der Waals surface area contributed by atoms with Gasteiger partial charge in [0.05, 0.1) is 5.41 Å². The molecule has 1 N–H and O–H groups in total. The minimum absolute atomic E-state index is 0.00965. The molecule has 0 aliphatic carbocycles. The van der Waals surface area contributed by atoms with E-state index in [4.69, 9.17) is 4.74 Å². The van der Waals surface area contributed by atoms with Crippen LogP contribution in [0.3, 0.4) is 0 Å². The number of aliphatic carboxylic acids is 1. The molecule has 0 saturated carbocycles. The van der Waals surface area contributed by atoms with E-state index in [-0.39, 0.29) is 11.8 Å². The first kappa shape index (κ1) is 15.0. The third kappa shape index (κ3) is 2.51. The summed E-state index contributed by atoms with van der Waals surface area (Å²) in [5, 5.41) is 9.42. The summed E-state index contributed by atoms with van der Waals surface area (Å²) in [5.74, 6) is -0.891. The lowest BCUT2D eigenvalue weighted by Crippen LogP contribution is -2.43. The van der Waals surface area contributed by atoms with Crippen LogP contribution in [0.25, 0.3) is 0 Å². The third-order valence-corrected chi connectivity index (χ3v) is 4.07. The molecule has 2 unspecified atom stereocenters. The summed E-state index contributed by atoms with van der Waals surface area (Å²) in [6, 6.07) is 0. The van der Waals surface area contributed by atoms with E-state index in [1.807, 2.05) is 20.8 Å². The van der Waals surface area contributed by atoms with Crippen LogP contribution >= 0.6 is 0 Å². The molecule has 1 rings (SSSR count). The highest BCUT2D eigenvalue weighted by molar-refractivity contribution is 5.83. The lowest BCUT2D eigenvalue weighted by molar-refractivity contribution is -0.152. The molecule has 0 aromatic rings. The lowest BCUT2D eigenvalue weighted by atomic mass is 9.76. The van der Waals surface area contributed by atoms with Gasteiger partial charge in [-0.05, 0) is 18.8 Å². The molecule has 104 valence electrons. The quantitative estimate of drug-likeness (QED) is 0.807. The first-order valence-electron chi connectivity index (χ1n) is 6.44. The summed E-state index contributed by atoms with van der Waals surface area (Å²) in [6.45, 7) is 6.47. The van der Waals surface area contributed by atoms with Crippen LogP contribution in [0.2, 0.25) is 0 Å². The molecule has 1 aliphatic heterocycles. The maximum atomic E-state index is 12.1. The summed E-state index contributed by atoms with van der Waals surface area (Å²) >= 11 is 0. The molecule has 1 amide bonds. The molecular weight excluding hydrogens is 234 g/mol. The fourth-order valence-corrected chi connectivity index (χ4v) is 2.56. The summed E-state index contributed by atoms with van der Waals surface area (Å²) < 4.78 is 5.12. The Morgan fingerprint density at radius 3 is 2.39 bits per heavy atom. The van der Waals surface area contributed by atoms with Gasteiger partial charge >= 0.3 is 5.97 Å². The molecule has 0 aromatic heterocycles. The SMILES string of the molecule is CCC(OC)C(=O)N1CCC(C(=O)O)(C(C)C)C1. The van der Waals surface area contributed by atoms with Crippen molar-refractivity contribution in [3.8, 4) is 0 Å². The van der Waals surface area contributed by atoms with Gasteiger partial charge in [-0.3, -0.25) is 9.59 Å². The Morgan fingerprint density at radius 2 is 2.06 bits per heavy atom. The average molecular weight is 257 g/mol. The smallest absolute Gasteiger partial charge is 0.311 e. The average Bonchev–Trinajstić information content (AvgIpc) is 2.76. The normalized spacial score (nSPS) is 25.5. The van der Waals surface area contributed by atoms with Gasteiger partial charge in [0.25, 0.3) is 5.91 Å². The van der Waals surface area contributed by atoms with Crippen molar-refractivity contribution in [3.05, 3.63) is 0 Å². The van der Waals surface area contributed by atoms with Crippen LogP contribution in [0.15, 0.2) is 0 Å². The van der Waals surface area contributed by atoms with Gasteiger partial charge in [-0.15, -0.1) is 0 Å². The zero-order valence-corrected chi connectivity index (χ0v) is 11.6. The Hall–Kier alpha value is -1.10. The zero-order valence-electron chi connectivity index (χ0n) is 11.6. The molecule has 0 aromatic carbocycles. The first-order chi connectivity index (χ1) is 8.39. The molecule has 18 heavy (non-hydrogen) atoms. The largest absolute Gasteiger partial charge is 0.481 e. The Kier molecular flexibility index (Phi) is 4.73. The first-order valence-corrected chi connectivity index (χ1v) is 6.44. The number of carbonyl (C=O) groups excluding carboxylic acids is 1. The number of likely N-dealkylation sites (tertiary alicyclic amines) is 1. The van der Waals surface area contributed by atoms with E-state index < -0.39 is 17.5 Å². The van der Waals surface area contributed by atoms with Crippen molar-refractivity contribution in [2.75, 3.05) is 20.2 Å². The topological polar surface area (TPSA) is 66.8 Å². The number of carboxylic acids is 1. The molecule has 1 fully saturated rings. The maximum absolute atomic E-state index is 12.1. The van der Waals surface area contributed by atoms with Crippen molar-refractivity contribution in [1.82, 2.24) is 4.90 Å². The number of methoxy groups -OCH3 is 1. The highest BCUT2D eigenvalue weighted by Crippen LogP contribution is 2.38. The van der Waals surface area contributed by atoms with Crippen molar-refractivity contribution in [3.63, 3.8) is 0 Å². The fourth-order valence-electron chi connectivity index (χ4n) is 2.56. The number of nitrogens with zero attached hydrogens (tertiary/aromatic N) is 1. The van der Waals surface area contributed by atoms with Gasteiger partial charge in [0.2, 0.25) is 0 Å². The zero-order chi connectivity index (χ0) is 13.9. The molecule has 1 aliphatic rings. The molecule has 5 heteroatoms. The predicted molar refractivity (Wildman–Crippen MR) is 67.2 cm³/mol. The minimum atomic E-state index is -0.807. The van der Waals surface area contributed by atoms with Crippen LogP contribution in [0, 0.1) is 11.3 Å². The second-order valence-corrected chi connectivity index (χ2v) is 5.26. The highest BCUT2D eigenvalue weighted by Gasteiger charge is 2.49. The Labute approximate surface area is 108 Å². The van der Waals surface area contributed by atoms with E-state index in [0.29, 0.717) is 25.9 Å². The molecule has 1 saturated heterocycles. The number of ether oxygens (including phenoxy) is 1. The van der Waals surface area contributed by atoms with Gasteiger partial charge in [-0.2, -0.15) is 0 Å².